The predicted molar refractivity (Wildman–Crippen MR) is 65.7 cm³/mol. The zero-order valence-electron chi connectivity index (χ0n) is 10.7. The van der Waals surface area contributed by atoms with Crippen LogP contribution in [0.4, 0.5) is 0 Å². The smallest absolute Gasteiger partial charge is 0.227 e. The number of aromatic nitrogens is 2. The van der Waals surface area contributed by atoms with Crippen LogP contribution in [0.1, 0.15) is 32.6 Å². The van der Waals surface area contributed by atoms with Crippen LogP contribution in [0.5, 0.6) is 0 Å². The fourth-order valence-electron chi connectivity index (χ4n) is 2.43. The third-order valence-corrected chi connectivity index (χ3v) is 3.12. The first-order valence-electron chi connectivity index (χ1n) is 6.48. The van der Waals surface area contributed by atoms with Gasteiger partial charge in [0, 0.05) is 31.6 Å². The first kappa shape index (κ1) is 12.5. The largest absolute Gasteiger partial charge is 0.340 e. The molecule has 0 aliphatic carbocycles. The van der Waals surface area contributed by atoms with E-state index in [1.54, 1.807) is 0 Å². The van der Waals surface area contributed by atoms with Crippen molar-refractivity contribution in [2.24, 2.45) is 0 Å². The Labute approximate surface area is 103 Å². The Morgan fingerprint density at radius 2 is 2.47 bits per heavy atom. The maximum absolute atomic E-state index is 5.01. The lowest BCUT2D eigenvalue weighted by Crippen LogP contribution is -2.48. The molecule has 1 aliphatic heterocycles. The topological polar surface area (TPSA) is 54.2 Å². The molecule has 1 aromatic rings. The molecule has 0 bridgehead atoms. The molecular formula is C12H22N4O. The van der Waals surface area contributed by atoms with Crippen LogP contribution < -0.4 is 5.32 Å². The quantitative estimate of drug-likeness (QED) is 0.831. The highest BCUT2D eigenvalue weighted by Gasteiger charge is 2.20. The third kappa shape index (κ3) is 4.09. The lowest BCUT2D eigenvalue weighted by Gasteiger charge is -2.34. The number of rotatable bonds is 5. The van der Waals surface area contributed by atoms with Gasteiger partial charge in [0.05, 0.1) is 0 Å². The van der Waals surface area contributed by atoms with Crippen LogP contribution in [0.2, 0.25) is 0 Å². The van der Waals surface area contributed by atoms with Crippen LogP contribution in [0.15, 0.2) is 10.9 Å². The van der Waals surface area contributed by atoms with Crippen molar-refractivity contribution in [2.75, 3.05) is 19.6 Å². The second-order valence-electron chi connectivity index (χ2n) is 5.05. The number of nitrogens with one attached hydrogen (secondary N) is 1. The first-order chi connectivity index (χ1) is 8.24. The highest BCUT2D eigenvalue weighted by molar-refractivity contribution is 4.82. The molecule has 2 heterocycles. The van der Waals surface area contributed by atoms with E-state index in [2.05, 4.69) is 34.2 Å². The Hall–Kier alpha value is -0.940. The van der Waals surface area contributed by atoms with Crippen molar-refractivity contribution >= 4 is 0 Å². The normalized spacial score (nSPS) is 22.2. The van der Waals surface area contributed by atoms with Crippen LogP contribution in [-0.2, 0) is 6.42 Å². The lowest BCUT2D eigenvalue weighted by atomic mass is 10.0. The maximum Gasteiger partial charge on any atom is 0.227 e. The fourth-order valence-corrected chi connectivity index (χ4v) is 2.43. The Morgan fingerprint density at radius 1 is 1.59 bits per heavy atom. The molecule has 5 heteroatoms. The molecule has 1 aromatic heterocycles. The average Bonchev–Trinajstić information content (AvgIpc) is 2.79. The van der Waals surface area contributed by atoms with Gasteiger partial charge in [0.1, 0.15) is 0 Å². The molecule has 0 radical (unpaired) electrons. The summed E-state index contributed by atoms with van der Waals surface area (Å²) < 4.78 is 5.01. The zero-order valence-corrected chi connectivity index (χ0v) is 10.7. The summed E-state index contributed by atoms with van der Waals surface area (Å²) in [6.07, 6.45) is 4.88. The summed E-state index contributed by atoms with van der Waals surface area (Å²) in [6, 6.07) is 1.20. The van der Waals surface area contributed by atoms with E-state index >= 15 is 0 Å². The van der Waals surface area contributed by atoms with E-state index in [9.17, 15) is 0 Å². The molecule has 0 aromatic carbocycles. The van der Waals surface area contributed by atoms with Crippen molar-refractivity contribution in [1.29, 1.82) is 0 Å². The molecule has 96 valence electrons. The second-order valence-corrected chi connectivity index (χ2v) is 5.05. The molecule has 1 atom stereocenters. The molecule has 1 aliphatic rings. The Morgan fingerprint density at radius 3 is 3.18 bits per heavy atom. The summed E-state index contributed by atoms with van der Waals surface area (Å²) in [6.45, 7) is 7.74. The minimum Gasteiger partial charge on any atom is -0.340 e. The molecule has 1 fully saturated rings. The molecule has 2 rings (SSSR count). The van der Waals surface area contributed by atoms with Gasteiger partial charge in [-0.3, -0.25) is 0 Å². The molecule has 1 N–H and O–H groups in total. The number of hydrogen-bond acceptors (Lipinski definition) is 5. The maximum atomic E-state index is 5.01. The van der Waals surface area contributed by atoms with E-state index < -0.39 is 0 Å². The van der Waals surface area contributed by atoms with Gasteiger partial charge in [0.2, 0.25) is 5.89 Å². The Balaban J connectivity index is 1.73. The van der Waals surface area contributed by atoms with E-state index in [-0.39, 0.29) is 0 Å². The van der Waals surface area contributed by atoms with Gasteiger partial charge in [-0.1, -0.05) is 19.0 Å². The Bertz CT molecular complexity index is 312. The average molecular weight is 238 g/mol. The fraction of sp³-hybridized carbons (Fsp3) is 0.833. The van der Waals surface area contributed by atoms with Crippen LogP contribution in [0.25, 0.3) is 0 Å². The van der Waals surface area contributed by atoms with Gasteiger partial charge < -0.3 is 14.7 Å². The molecule has 17 heavy (non-hydrogen) atoms. The van der Waals surface area contributed by atoms with Gasteiger partial charge in [-0.15, -0.1) is 0 Å². The van der Waals surface area contributed by atoms with Gasteiger partial charge >= 0.3 is 0 Å². The number of likely N-dealkylation sites (tertiary alicyclic amines) is 1. The summed E-state index contributed by atoms with van der Waals surface area (Å²) >= 11 is 0. The van der Waals surface area contributed by atoms with Crippen LogP contribution in [-0.4, -0.2) is 46.8 Å². The first-order valence-corrected chi connectivity index (χ1v) is 6.48. The van der Waals surface area contributed by atoms with Crippen molar-refractivity contribution in [3.05, 3.63) is 12.2 Å². The van der Waals surface area contributed by atoms with Gasteiger partial charge in [0.15, 0.2) is 6.33 Å². The molecule has 1 saturated heterocycles. The van der Waals surface area contributed by atoms with Gasteiger partial charge in [-0.25, -0.2) is 0 Å². The Kier molecular flexibility index (Phi) is 4.50. The predicted octanol–water partition coefficient (Wildman–Crippen LogP) is 1.07. The van der Waals surface area contributed by atoms with Crippen molar-refractivity contribution in [1.82, 2.24) is 20.4 Å². The second kappa shape index (κ2) is 6.12. The van der Waals surface area contributed by atoms with Crippen molar-refractivity contribution in [3.8, 4) is 0 Å². The van der Waals surface area contributed by atoms with Crippen LogP contribution >= 0.6 is 0 Å². The number of nitrogens with zero attached hydrogens (tertiary/aromatic N) is 3. The van der Waals surface area contributed by atoms with E-state index in [1.165, 1.54) is 25.7 Å². The van der Waals surface area contributed by atoms with Gasteiger partial charge in [0.25, 0.3) is 0 Å². The molecule has 5 nitrogen and oxygen atoms in total. The monoisotopic (exact) mass is 238 g/mol. The number of piperidine rings is 1. The van der Waals surface area contributed by atoms with Crippen LogP contribution in [0, 0.1) is 0 Å². The summed E-state index contributed by atoms with van der Waals surface area (Å²) in [7, 11) is 0. The van der Waals surface area contributed by atoms with Gasteiger partial charge in [-0.2, -0.15) is 4.98 Å². The molecule has 0 spiro atoms. The van der Waals surface area contributed by atoms with Crippen molar-refractivity contribution in [3.63, 3.8) is 0 Å². The lowest BCUT2D eigenvalue weighted by molar-refractivity contribution is 0.182. The van der Waals surface area contributed by atoms with Crippen molar-refractivity contribution in [2.45, 2.75) is 45.2 Å². The van der Waals surface area contributed by atoms with E-state index in [4.69, 9.17) is 4.52 Å². The summed E-state index contributed by atoms with van der Waals surface area (Å²) in [5.41, 5.74) is 0. The SMILES string of the molecule is CC(C)NC1CCCN(CCc2ncno2)C1. The van der Waals surface area contributed by atoms with E-state index in [0.717, 1.165) is 25.4 Å². The molecule has 1 unspecified atom stereocenters. The highest BCUT2D eigenvalue weighted by atomic mass is 16.5. The minimum atomic E-state index is 0.566. The summed E-state index contributed by atoms with van der Waals surface area (Å²) in [4.78, 5) is 6.53. The summed E-state index contributed by atoms with van der Waals surface area (Å²) in [5, 5.41) is 7.24. The van der Waals surface area contributed by atoms with Crippen molar-refractivity contribution < 1.29 is 4.52 Å². The standard InChI is InChI=1S/C12H22N4O/c1-10(2)15-11-4-3-6-16(8-11)7-5-12-13-9-14-17-12/h9-11,15H,3-8H2,1-2H3. The minimum absolute atomic E-state index is 0.566. The molecular weight excluding hydrogens is 216 g/mol. The molecule has 0 saturated carbocycles. The summed E-state index contributed by atoms with van der Waals surface area (Å²) in [5.74, 6) is 0.740. The highest BCUT2D eigenvalue weighted by Crippen LogP contribution is 2.11. The van der Waals surface area contributed by atoms with Gasteiger partial charge in [-0.05, 0) is 19.4 Å². The zero-order chi connectivity index (χ0) is 12.1. The molecule has 0 amide bonds. The van der Waals surface area contributed by atoms with Crippen LogP contribution in [0.3, 0.4) is 0 Å². The number of hydrogen-bond donors (Lipinski definition) is 1. The van der Waals surface area contributed by atoms with E-state index in [0.29, 0.717) is 12.1 Å². The third-order valence-electron chi connectivity index (χ3n) is 3.12. The van der Waals surface area contributed by atoms with E-state index in [1.807, 2.05) is 0 Å².